The molecule has 10 aromatic rings. The minimum Gasteiger partial charge on any atom is -0.500 e. The fourth-order valence-electron chi connectivity index (χ4n) is 21.1. The number of aromatic nitrogens is 5. The first-order valence-electron chi connectivity index (χ1n) is 47.1. The van der Waals surface area contributed by atoms with E-state index in [9.17, 15) is 56.9 Å². The van der Waals surface area contributed by atoms with Gasteiger partial charge in [-0.25, -0.2) is 17.6 Å². The first kappa shape index (κ1) is 98.8. The van der Waals surface area contributed by atoms with Gasteiger partial charge in [0.2, 0.25) is 11.8 Å². The van der Waals surface area contributed by atoms with Crippen LogP contribution in [0.15, 0.2) is 128 Å². The van der Waals surface area contributed by atoms with E-state index in [0.29, 0.717) is 174 Å². The van der Waals surface area contributed by atoms with Gasteiger partial charge in [-0.1, -0.05) is 131 Å². The highest BCUT2D eigenvalue weighted by Crippen LogP contribution is 2.45. The molecular formula is C104H129Cl4F4N5O12. The maximum absolute atomic E-state index is 13.6. The first-order valence-corrected chi connectivity index (χ1v) is 48.6. The van der Waals surface area contributed by atoms with Crippen molar-refractivity contribution >= 4 is 108 Å². The number of halogens is 8. The summed E-state index contributed by atoms with van der Waals surface area (Å²) in [5.41, 5.74) is 12.9. The minimum atomic E-state index is -2.58. The molecule has 0 bridgehead atoms. The third kappa shape index (κ3) is 25.2. The quantitative estimate of drug-likeness (QED) is 0.0284. The van der Waals surface area contributed by atoms with Crippen molar-refractivity contribution in [3.8, 4) is 0 Å². The van der Waals surface area contributed by atoms with E-state index in [1.165, 1.54) is 44.9 Å². The summed E-state index contributed by atoms with van der Waals surface area (Å²) in [5.74, 6) is -2.89. The lowest BCUT2D eigenvalue weighted by atomic mass is 9.76. The smallest absolute Gasteiger partial charge is 0.248 e. The summed E-state index contributed by atoms with van der Waals surface area (Å²) < 4.78 is 85.3. The van der Waals surface area contributed by atoms with E-state index >= 15 is 0 Å². The molecule has 25 heteroatoms. The topological polar surface area (TPSA) is 205 Å². The minimum absolute atomic E-state index is 0.0173. The van der Waals surface area contributed by atoms with E-state index in [1.54, 1.807) is 32.6 Å². The number of hydrogen-bond acceptors (Lipinski definition) is 12. The van der Waals surface area contributed by atoms with Gasteiger partial charge in [0.15, 0.2) is 28.9 Å². The monoisotopic (exact) mass is 1860 g/mol. The molecule has 0 spiro atoms. The van der Waals surface area contributed by atoms with Crippen LogP contribution in [0.5, 0.6) is 0 Å². The summed E-state index contributed by atoms with van der Waals surface area (Å²) in [6.07, 6.45) is 37.5. The SMILES string of the molecule is COCCc1cc(C(=O)CC[C@@]2(O)CCC[C@@H](C)C2)c2c(C)cccn12.COCCc1cc(C(=O)CC[C@@]2(O)CCC[C@@H](C)C2)c2c(Cl)cccn12.O=C(CCC1CCC(F)(F)CC1)c1cc(C2=COCC2)n2cccc(Cl)c12.O=C(CCC1CCCC(F)(F)C1)c1cc(C2CCCO2)n2cccc(Cl)c12.O=C(CCC1CCCCC1)c1cc(CCO)n2cccc(Cl)c12. The van der Waals surface area contributed by atoms with Gasteiger partial charge < -0.3 is 56.3 Å². The first-order chi connectivity index (χ1) is 62.0. The van der Waals surface area contributed by atoms with Crippen LogP contribution < -0.4 is 0 Å². The molecule has 0 radical (unpaired) electrons. The van der Waals surface area contributed by atoms with Crippen LogP contribution in [0.25, 0.3) is 33.2 Å². The van der Waals surface area contributed by atoms with Crippen molar-refractivity contribution in [1.82, 2.24) is 22.0 Å². The van der Waals surface area contributed by atoms with Crippen molar-refractivity contribution < 1.29 is 75.8 Å². The highest BCUT2D eigenvalue weighted by molar-refractivity contribution is 6.36. The Morgan fingerprint density at radius 1 is 0.450 bits per heavy atom. The molecule has 698 valence electrons. The number of carbonyl (C=O) groups is 5. The summed E-state index contributed by atoms with van der Waals surface area (Å²) in [4.78, 5) is 64.6. The van der Waals surface area contributed by atoms with Crippen molar-refractivity contribution in [3.05, 3.63) is 210 Å². The molecule has 6 fully saturated rings. The van der Waals surface area contributed by atoms with Crippen LogP contribution in [0, 0.1) is 36.5 Å². The van der Waals surface area contributed by atoms with Crippen LogP contribution in [-0.4, -0.2) is 137 Å². The summed E-state index contributed by atoms with van der Waals surface area (Å²) in [7, 11) is 3.36. The number of ether oxygens (including phenoxy) is 4. The third-order valence-corrected chi connectivity index (χ3v) is 29.2. The van der Waals surface area contributed by atoms with Crippen LogP contribution in [0.1, 0.15) is 324 Å². The number of aliphatic hydroxyl groups is 3. The summed E-state index contributed by atoms with van der Waals surface area (Å²) in [6, 6.07) is 28.3. The Kier molecular flexibility index (Phi) is 34.8. The number of carbonyl (C=O) groups excluding carboxylic acids is 5. The molecule has 0 amide bonds. The second-order valence-corrected chi connectivity index (χ2v) is 39.3. The summed E-state index contributed by atoms with van der Waals surface area (Å²) >= 11 is 25.5. The number of aryl methyl sites for hydroxylation is 1. The Hall–Kier alpha value is -7.67. The largest absolute Gasteiger partial charge is 0.500 e. The molecule has 129 heavy (non-hydrogen) atoms. The van der Waals surface area contributed by atoms with Gasteiger partial charge in [-0.3, -0.25) is 24.0 Å². The van der Waals surface area contributed by atoms with Crippen LogP contribution >= 0.6 is 46.4 Å². The van der Waals surface area contributed by atoms with Crippen molar-refractivity contribution in [3.63, 3.8) is 0 Å². The third-order valence-electron chi connectivity index (χ3n) is 27.9. The molecular weight excluding hydrogens is 1730 g/mol. The molecule has 12 heterocycles. The lowest BCUT2D eigenvalue weighted by Crippen LogP contribution is -2.35. The number of fused-ring (bicyclic) bond motifs is 5. The zero-order chi connectivity index (χ0) is 91.7. The number of alkyl halides is 4. The van der Waals surface area contributed by atoms with Gasteiger partial charge in [0.05, 0.1) is 102 Å². The molecule has 2 unspecified atom stereocenters. The lowest BCUT2D eigenvalue weighted by Gasteiger charge is -2.35. The molecule has 0 aromatic carbocycles. The van der Waals surface area contributed by atoms with Crippen molar-refractivity contribution in [2.45, 2.75) is 287 Å². The zero-order valence-electron chi connectivity index (χ0n) is 75.6. The maximum Gasteiger partial charge on any atom is 0.248 e. The van der Waals surface area contributed by atoms with Crippen molar-refractivity contribution in [2.24, 2.45) is 29.6 Å². The average molecular weight is 1860 g/mol. The van der Waals surface area contributed by atoms with Crippen LogP contribution in [0.4, 0.5) is 17.6 Å². The van der Waals surface area contributed by atoms with Gasteiger partial charge >= 0.3 is 0 Å². The van der Waals surface area contributed by atoms with E-state index in [4.69, 9.17) is 65.4 Å². The highest BCUT2D eigenvalue weighted by Gasteiger charge is 2.40. The number of ketones is 5. The standard InChI is InChI=1S/C22H31NO3.C21H24ClF2NO2.C21H22ClF2NO2.C21H28ClNO3.C19H24ClNO2/c1-16-6-4-10-22(25,15-16)11-8-20(24)19-14-18(9-13-26-3)23-12-5-7-17(2)21(19)23;22-16-5-2-10-25-17(19-6-3-11-27-19)12-15(20(16)25)18(26)8-7-14-4-1-9-21(23,24)13-14;22-17-2-1-10-25-18(15-7-11-27-13-15)12-16(20(17)25)19(26)4-3-14-5-8-21(23,24)9-6-14;1-15-5-3-9-21(25,14-15)10-7-19(24)17-13-16(8-12-26-2)23-11-4-6-18(22)20(17)23;20-17-7-4-11-21-15(10-12-22)13-16(19(17)21)18(23)9-8-14-5-2-1-3-6-14/h5,7,12,14,16,25H,4,6,8-11,13,15H2,1-3H3;2,5,10,12,14,19H,1,3-4,6-9,11,13H2;1-2,10,12-14H,3-9,11H2;4,6,11,13,15,25H,3,5,7-10,12,14H2,1-2H3;4,7,11,13-14,22H,1-3,5-6,8-10,12H2/t16-,22+;;;15-,21+;/m1..1./s1. The van der Waals surface area contributed by atoms with E-state index in [1.807, 2.05) is 134 Å². The van der Waals surface area contributed by atoms with Crippen molar-refractivity contribution in [2.75, 3.05) is 47.3 Å². The Bertz CT molecular complexity index is 5420. The molecule has 1 saturated heterocycles. The van der Waals surface area contributed by atoms with Crippen molar-refractivity contribution in [1.29, 1.82) is 0 Å². The van der Waals surface area contributed by atoms with Gasteiger partial charge in [-0.05, 0) is 217 Å². The molecule has 6 atom stereocenters. The van der Waals surface area contributed by atoms with E-state index < -0.39 is 23.0 Å². The van der Waals surface area contributed by atoms with Gasteiger partial charge in [-0.15, -0.1) is 0 Å². The second kappa shape index (κ2) is 45.4. The fraction of sp³-hybridized carbons (Fsp3) is 0.548. The number of nitrogens with zero attached hydrogens (tertiary/aromatic N) is 5. The average Bonchev–Trinajstić information content (AvgIpc) is 1.63. The molecule has 7 aliphatic rings. The molecule has 5 saturated carbocycles. The van der Waals surface area contributed by atoms with Gasteiger partial charge in [0, 0.05) is 192 Å². The highest BCUT2D eigenvalue weighted by atomic mass is 35.5. The Morgan fingerprint density at radius 2 is 0.876 bits per heavy atom. The molecule has 3 N–H and O–H groups in total. The molecule has 2 aliphatic heterocycles. The van der Waals surface area contributed by atoms with Crippen LogP contribution in [0.2, 0.25) is 20.1 Å². The second-order valence-electron chi connectivity index (χ2n) is 37.7. The number of rotatable bonds is 30. The normalized spacial score (nSPS) is 21.8. The number of pyridine rings is 5. The van der Waals surface area contributed by atoms with E-state index in [-0.39, 0.29) is 85.6 Å². The number of Topliss-reactive ketones (excluding diaryl/α,β-unsaturated/α-hetero) is 5. The van der Waals surface area contributed by atoms with E-state index in [0.717, 1.165) is 145 Å². The number of aliphatic hydroxyl groups excluding tert-OH is 1. The van der Waals surface area contributed by atoms with Gasteiger partial charge in [-0.2, -0.15) is 0 Å². The predicted molar refractivity (Wildman–Crippen MR) is 504 cm³/mol. The molecule has 10 aromatic heterocycles. The Morgan fingerprint density at radius 3 is 1.36 bits per heavy atom. The lowest BCUT2D eigenvalue weighted by molar-refractivity contribution is -0.0536. The predicted octanol–water partition coefficient (Wildman–Crippen LogP) is 26.1. The maximum atomic E-state index is 13.6. The Balaban J connectivity index is 0.000000138. The molecule has 5 aliphatic carbocycles. The molecule has 17 nitrogen and oxygen atoms in total. The summed E-state index contributed by atoms with van der Waals surface area (Å²) in [5, 5.41) is 33.1. The molecule has 17 rings (SSSR count). The zero-order valence-corrected chi connectivity index (χ0v) is 78.6. The van der Waals surface area contributed by atoms with Crippen LogP contribution in [0.3, 0.4) is 0 Å². The fourth-order valence-corrected chi connectivity index (χ4v) is 22.1. The van der Waals surface area contributed by atoms with Gasteiger partial charge in [0.1, 0.15) is 0 Å². The van der Waals surface area contributed by atoms with E-state index in [2.05, 4.69) is 18.2 Å². The van der Waals surface area contributed by atoms with Gasteiger partial charge in [0.25, 0.3) is 0 Å². The van der Waals surface area contributed by atoms with Crippen LogP contribution in [-0.2, 0) is 38.2 Å². The Labute approximate surface area is 775 Å². The summed E-state index contributed by atoms with van der Waals surface area (Å²) in [6.45, 7) is 9.05. The number of hydrogen-bond donors (Lipinski definition) is 3. The number of methoxy groups -OCH3 is 2.